The maximum Gasteiger partial charge on any atom is 0.241 e. The molecule has 0 spiro atoms. The number of anilines is 1. The molecule has 2 N–H and O–H groups in total. The van der Waals surface area contributed by atoms with E-state index in [-0.39, 0.29) is 12.1 Å². The number of rotatable bonds is 6. The summed E-state index contributed by atoms with van der Waals surface area (Å²) >= 11 is 0. The predicted octanol–water partition coefficient (Wildman–Crippen LogP) is 3.75. The van der Waals surface area contributed by atoms with E-state index in [1.807, 2.05) is 39.9 Å². The van der Waals surface area contributed by atoms with Gasteiger partial charge in [0, 0.05) is 41.3 Å². The summed E-state index contributed by atoms with van der Waals surface area (Å²) in [6, 6.07) is 6.54. The summed E-state index contributed by atoms with van der Waals surface area (Å²) in [5.74, 6) is 0.920. The molecule has 34 heavy (non-hydrogen) atoms. The molecule has 4 aromatic rings. The molecule has 1 aliphatic heterocycles. The van der Waals surface area contributed by atoms with Crippen LogP contribution < -0.4 is 5.32 Å². The lowest BCUT2D eigenvalue weighted by Crippen LogP contribution is -2.30. The van der Waals surface area contributed by atoms with Gasteiger partial charge in [-0.1, -0.05) is 6.07 Å². The maximum absolute atomic E-state index is 10.0. The predicted molar refractivity (Wildman–Crippen MR) is 128 cm³/mol. The van der Waals surface area contributed by atoms with E-state index in [0.717, 1.165) is 53.6 Å². The number of aliphatic hydroxyl groups is 1. The number of fused-ring (bicyclic) bond motifs is 1. The van der Waals surface area contributed by atoms with Crippen LogP contribution in [0, 0.1) is 0 Å². The van der Waals surface area contributed by atoms with Crippen LogP contribution in [0.25, 0.3) is 16.6 Å². The fraction of sp³-hybridized carbons (Fsp3) is 0.440. The number of ether oxygens (including phenoxy) is 1. The lowest BCUT2D eigenvalue weighted by atomic mass is 9.85. The Balaban J connectivity index is 1.37. The third-order valence-corrected chi connectivity index (χ3v) is 7.10. The lowest BCUT2D eigenvalue weighted by Gasteiger charge is -2.25. The SMILES string of the molecule is CC(Nc1ncc2c(-c3cnn(C4COC4)c3)cc(C3CCC(O)CC3)n2n1)c1cccnc1. The molecular formula is C25H29N7O2. The Hall–Kier alpha value is -3.30. The smallest absolute Gasteiger partial charge is 0.241 e. The minimum atomic E-state index is -0.197. The Kier molecular flexibility index (Phi) is 5.50. The van der Waals surface area contributed by atoms with Crippen molar-refractivity contribution in [3.05, 3.63) is 60.4 Å². The van der Waals surface area contributed by atoms with Crippen LogP contribution in [0.2, 0.25) is 0 Å². The van der Waals surface area contributed by atoms with Crippen LogP contribution in [0.1, 0.15) is 61.9 Å². The van der Waals surface area contributed by atoms with E-state index < -0.39 is 0 Å². The molecule has 0 bridgehead atoms. The van der Waals surface area contributed by atoms with Gasteiger partial charge in [-0.25, -0.2) is 9.50 Å². The van der Waals surface area contributed by atoms with Crippen LogP contribution >= 0.6 is 0 Å². The van der Waals surface area contributed by atoms with Crippen LogP contribution in [-0.4, -0.2) is 53.8 Å². The minimum absolute atomic E-state index is 0.0254. The minimum Gasteiger partial charge on any atom is -0.393 e. The normalized spacial score (nSPS) is 21.9. The Labute approximate surface area is 197 Å². The molecule has 1 saturated carbocycles. The van der Waals surface area contributed by atoms with Crippen molar-refractivity contribution in [1.82, 2.24) is 29.4 Å². The lowest BCUT2D eigenvalue weighted by molar-refractivity contribution is -0.0286. The highest BCUT2D eigenvalue weighted by Crippen LogP contribution is 2.38. The van der Waals surface area contributed by atoms with Crippen molar-refractivity contribution in [2.75, 3.05) is 18.5 Å². The fourth-order valence-corrected chi connectivity index (χ4v) is 4.94. The zero-order chi connectivity index (χ0) is 23.1. The topological polar surface area (TPSA) is 102 Å². The highest BCUT2D eigenvalue weighted by molar-refractivity contribution is 5.81. The number of nitrogens with one attached hydrogen (secondary N) is 1. The standard InChI is InChI=1S/C25H29N7O2/c1-16(18-3-2-8-26-10-18)29-25-27-12-24-22(19-11-28-31(13-19)20-14-34-15-20)9-23(32(24)30-25)17-4-6-21(33)7-5-17/h2-3,8-13,16-17,20-21,33H,4-7,14-15H2,1H3,(H,29,30). The van der Waals surface area contributed by atoms with E-state index in [0.29, 0.717) is 31.1 Å². The molecule has 5 heterocycles. The van der Waals surface area contributed by atoms with E-state index in [2.05, 4.69) is 39.6 Å². The van der Waals surface area contributed by atoms with E-state index in [1.165, 1.54) is 0 Å². The first kappa shape index (κ1) is 21.2. The van der Waals surface area contributed by atoms with Crippen LogP contribution in [-0.2, 0) is 4.74 Å². The molecule has 176 valence electrons. The van der Waals surface area contributed by atoms with E-state index in [1.54, 1.807) is 6.20 Å². The van der Waals surface area contributed by atoms with Gasteiger partial charge >= 0.3 is 0 Å². The first-order chi connectivity index (χ1) is 16.7. The number of pyridine rings is 1. The number of hydrogen-bond acceptors (Lipinski definition) is 7. The van der Waals surface area contributed by atoms with Crippen molar-refractivity contribution in [2.45, 2.75) is 56.7 Å². The van der Waals surface area contributed by atoms with E-state index in [4.69, 9.17) is 9.84 Å². The number of nitrogens with zero attached hydrogens (tertiary/aromatic N) is 6. The van der Waals surface area contributed by atoms with Crippen molar-refractivity contribution in [2.24, 2.45) is 0 Å². The molecule has 4 aromatic heterocycles. The van der Waals surface area contributed by atoms with Crippen molar-refractivity contribution in [3.8, 4) is 11.1 Å². The summed E-state index contributed by atoms with van der Waals surface area (Å²) in [7, 11) is 0. The second-order valence-corrected chi connectivity index (χ2v) is 9.42. The number of aromatic nitrogens is 6. The van der Waals surface area contributed by atoms with Crippen LogP contribution in [0.5, 0.6) is 0 Å². The largest absolute Gasteiger partial charge is 0.393 e. The van der Waals surface area contributed by atoms with Crippen LogP contribution in [0.15, 0.2) is 49.2 Å². The monoisotopic (exact) mass is 459 g/mol. The highest BCUT2D eigenvalue weighted by atomic mass is 16.5. The molecule has 1 unspecified atom stereocenters. The average molecular weight is 460 g/mol. The van der Waals surface area contributed by atoms with Crippen LogP contribution in [0.3, 0.4) is 0 Å². The quantitative estimate of drug-likeness (QED) is 0.453. The van der Waals surface area contributed by atoms with Gasteiger partial charge in [-0.3, -0.25) is 9.67 Å². The molecule has 1 saturated heterocycles. The van der Waals surface area contributed by atoms with E-state index in [9.17, 15) is 5.11 Å². The molecule has 1 aliphatic carbocycles. The van der Waals surface area contributed by atoms with Crippen molar-refractivity contribution >= 4 is 11.5 Å². The molecule has 9 nitrogen and oxygen atoms in total. The Morgan fingerprint density at radius 3 is 2.74 bits per heavy atom. The van der Waals surface area contributed by atoms with Gasteiger partial charge in [-0.15, -0.1) is 5.10 Å². The fourth-order valence-electron chi connectivity index (χ4n) is 4.94. The van der Waals surface area contributed by atoms with Gasteiger partial charge < -0.3 is 15.2 Å². The first-order valence-electron chi connectivity index (χ1n) is 12.0. The molecule has 0 aromatic carbocycles. The molecule has 9 heteroatoms. The molecule has 0 amide bonds. The second-order valence-electron chi connectivity index (χ2n) is 9.42. The number of aliphatic hydroxyl groups excluding tert-OH is 1. The van der Waals surface area contributed by atoms with Gasteiger partial charge in [0.15, 0.2) is 0 Å². The zero-order valence-corrected chi connectivity index (χ0v) is 19.2. The van der Waals surface area contributed by atoms with Gasteiger partial charge in [0.25, 0.3) is 0 Å². The summed E-state index contributed by atoms with van der Waals surface area (Å²) in [4.78, 5) is 8.87. The van der Waals surface area contributed by atoms with Gasteiger partial charge in [-0.2, -0.15) is 5.10 Å². The van der Waals surface area contributed by atoms with Crippen LogP contribution in [0.4, 0.5) is 5.95 Å². The van der Waals surface area contributed by atoms with Crippen molar-refractivity contribution < 1.29 is 9.84 Å². The Morgan fingerprint density at radius 1 is 1.15 bits per heavy atom. The third kappa shape index (κ3) is 3.95. The average Bonchev–Trinajstić information content (AvgIpc) is 3.44. The molecular weight excluding hydrogens is 430 g/mol. The molecule has 0 radical (unpaired) electrons. The van der Waals surface area contributed by atoms with Gasteiger partial charge in [-0.05, 0) is 50.3 Å². The van der Waals surface area contributed by atoms with E-state index >= 15 is 0 Å². The van der Waals surface area contributed by atoms with Crippen molar-refractivity contribution in [1.29, 1.82) is 0 Å². The first-order valence-corrected chi connectivity index (χ1v) is 12.0. The molecule has 2 aliphatic rings. The van der Waals surface area contributed by atoms with Crippen molar-refractivity contribution in [3.63, 3.8) is 0 Å². The van der Waals surface area contributed by atoms with Gasteiger partial charge in [0.05, 0.1) is 49.3 Å². The highest BCUT2D eigenvalue weighted by Gasteiger charge is 2.27. The third-order valence-electron chi connectivity index (χ3n) is 7.10. The Morgan fingerprint density at radius 2 is 2.00 bits per heavy atom. The Bertz CT molecular complexity index is 1270. The molecule has 1 atom stereocenters. The summed E-state index contributed by atoms with van der Waals surface area (Å²) in [5.41, 5.74) is 5.34. The maximum atomic E-state index is 10.0. The zero-order valence-electron chi connectivity index (χ0n) is 19.2. The van der Waals surface area contributed by atoms with Gasteiger partial charge in [0.2, 0.25) is 5.95 Å². The molecule has 2 fully saturated rings. The summed E-state index contributed by atoms with van der Waals surface area (Å²) in [6.07, 6.45) is 12.9. The molecule has 6 rings (SSSR count). The summed E-state index contributed by atoms with van der Waals surface area (Å²) in [6.45, 7) is 3.49. The second kappa shape index (κ2) is 8.81. The van der Waals surface area contributed by atoms with Gasteiger partial charge in [0.1, 0.15) is 0 Å². The summed E-state index contributed by atoms with van der Waals surface area (Å²) in [5, 5.41) is 22.9. The summed E-state index contributed by atoms with van der Waals surface area (Å²) < 4.78 is 9.35. The number of hydrogen-bond donors (Lipinski definition) is 2.